The predicted molar refractivity (Wildman–Crippen MR) is 247 cm³/mol. The van der Waals surface area contributed by atoms with Crippen molar-refractivity contribution in [3.63, 3.8) is 0 Å². The van der Waals surface area contributed by atoms with Crippen molar-refractivity contribution in [2.24, 2.45) is 0 Å². The lowest BCUT2D eigenvalue weighted by Crippen LogP contribution is -2.59. The summed E-state index contributed by atoms with van der Waals surface area (Å²) in [4.78, 5) is 25.4. The Morgan fingerprint density at radius 3 is 1.39 bits per heavy atom. The van der Waals surface area contributed by atoms with E-state index < -0.39 is 55.4 Å². The van der Waals surface area contributed by atoms with Gasteiger partial charge in [0, 0.05) is 12.8 Å². The van der Waals surface area contributed by atoms with Crippen LogP contribution in [0.2, 0.25) is 0 Å². The Balaban J connectivity index is 2.36. The van der Waals surface area contributed by atoms with Gasteiger partial charge in [-0.1, -0.05) is 150 Å². The molecular weight excluding hydrogens is 773 g/mol. The molecule has 0 aromatic carbocycles. The van der Waals surface area contributed by atoms with Crippen molar-refractivity contribution in [3.05, 3.63) is 97.2 Å². The molecule has 6 atom stereocenters. The number of carbonyl (C=O) groups excluding carboxylic acids is 2. The second-order valence-corrected chi connectivity index (χ2v) is 15.4. The van der Waals surface area contributed by atoms with E-state index >= 15 is 0 Å². The molecule has 0 bridgehead atoms. The summed E-state index contributed by atoms with van der Waals surface area (Å²) in [5.41, 5.74) is 0. The third kappa shape index (κ3) is 32.0. The molecule has 1 rings (SSSR count). The first-order valence-corrected chi connectivity index (χ1v) is 23.3. The molecule has 0 aromatic heterocycles. The molecule has 6 unspecified atom stereocenters. The molecule has 1 heterocycles. The topological polar surface area (TPSA) is 152 Å². The second-order valence-electron chi connectivity index (χ2n) is 15.4. The highest BCUT2D eigenvalue weighted by atomic mass is 16.7. The van der Waals surface area contributed by atoms with Gasteiger partial charge in [0.1, 0.15) is 31.0 Å². The average molecular weight is 855 g/mol. The van der Waals surface area contributed by atoms with E-state index in [1.54, 1.807) is 0 Å². The fourth-order valence-electron chi connectivity index (χ4n) is 6.35. The monoisotopic (exact) mass is 855 g/mol. The van der Waals surface area contributed by atoms with Gasteiger partial charge in [0.05, 0.1) is 13.2 Å². The van der Waals surface area contributed by atoms with Crippen molar-refractivity contribution < 1.29 is 49.0 Å². The summed E-state index contributed by atoms with van der Waals surface area (Å²) in [6.45, 7) is 3.14. The lowest BCUT2D eigenvalue weighted by atomic mass is 9.99. The molecule has 346 valence electrons. The molecule has 10 nitrogen and oxygen atoms in total. The maximum atomic E-state index is 12.8. The van der Waals surface area contributed by atoms with Crippen molar-refractivity contribution in [1.29, 1.82) is 0 Å². The first kappa shape index (κ1) is 55.6. The maximum Gasteiger partial charge on any atom is 0.306 e. The van der Waals surface area contributed by atoms with Gasteiger partial charge >= 0.3 is 11.9 Å². The number of hydrogen-bond donors (Lipinski definition) is 4. The second kappa shape index (κ2) is 40.7. The van der Waals surface area contributed by atoms with Crippen LogP contribution in [0, 0.1) is 0 Å². The summed E-state index contributed by atoms with van der Waals surface area (Å²) in [5, 5.41) is 40.1. The van der Waals surface area contributed by atoms with Crippen molar-refractivity contribution in [2.45, 2.75) is 192 Å². The highest BCUT2D eigenvalue weighted by molar-refractivity contribution is 5.70. The van der Waals surface area contributed by atoms with E-state index in [0.29, 0.717) is 12.8 Å². The minimum atomic E-state index is -1.61. The van der Waals surface area contributed by atoms with Crippen LogP contribution in [-0.4, -0.2) is 89.0 Å². The molecule has 0 radical (unpaired) electrons. The van der Waals surface area contributed by atoms with Gasteiger partial charge in [0.2, 0.25) is 0 Å². The quantitative estimate of drug-likeness (QED) is 0.0270. The molecule has 4 N–H and O–H groups in total. The van der Waals surface area contributed by atoms with Crippen molar-refractivity contribution in [1.82, 2.24) is 0 Å². The van der Waals surface area contributed by atoms with E-state index in [-0.39, 0.29) is 26.1 Å². The molecular formula is C51H82O10. The molecule has 1 saturated heterocycles. The summed E-state index contributed by atoms with van der Waals surface area (Å²) in [5.74, 6) is -0.865. The van der Waals surface area contributed by atoms with Gasteiger partial charge in [0.25, 0.3) is 0 Å². The summed E-state index contributed by atoms with van der Waals surface area (Å²) in [6.07, 6.45) is 46.9. The highest BCUT2D eigenvalue weighted by Gasteiger charge is 2.44. The number of ether oxygens (including phenoxy) is 4. The van der Waals surface area contributed by atoms with Crippen LogP contribution in [-0.2, 0) is 28.5 Å². The van der Waals surface area contributed by atoms with Crippen LogP contribution in [0.4, 0.5) is 0 Å². The third-order valence-electron chi connectivity index (χ3n) is 9.96. The number of esters is 2. The number of aliphatic hydroxyl groups is 4. The van der Waals surface area contributed by atoms with Gasteiger partial charge in [-0.2, -0.15) is 0 Å². The molecule has 1 fully saturated rings. The van der Waals surface area contributed by atoms with E-state index in [1.165, 1.54) is 19.3 Å². The van der Waals surface area contributed by atoms with E-state index in [0.717, 1.165) is 96.3 Å². The van der Waals surface area contributed by atoms with Crippen molar-refractivity contribution >= 4 is 11.9 Å². The van der Waals surface area contributed by atoms with Gasteiger partial charge in [-0.3, -0.25) is 9.59 Å². The Hall–Kier alpha value is -3.38. The number of aliphatic hydroxyl groups excluding tert-OH is 4. The fourth-order valence-corrected chi connectivity index (χ4v) is 6.35. The number of unbranched alkanes of at least 4 members (excludes halogenated alkanes) is 10. The van der Waals surface area contributed by atoms with Crippen LogP contribution >= 0.6 is 0 Å². The van der Waals surface area contributed by atoms with Crippen LogP contribution < -0.4 is 0 Å². The summed E-state index contributed by atoms with van der Waals surface area (Å²) in [7, 11) is 0. The van der Waals surface area contributed by atoms with E-state index in [9.17, 15) is 30.0 Å². The average Bonchev–Trinajstić information content (AvgIpc) is 3.26. The van der Waals surface area contributed by atoms with E-state index in [4.69, 9.17) is 18.9 Å². The van der Waals surface area contributed by atoms with Crippen LogP contribution in [0.5, 0.6) is 0 Å². The summed E-state index contributed by atoms with van der Waals surface area (Å²) in [6, 6.07) is 0. The van der Waals surface area contributed by atoms with Gasteiger partial charge in [-0.15, -0.1) is 0 Å². The highest BCUT2D eigenvalue weighted by Crippen LogP contribution is 2.22. The molecule has 61 heavy (non-hydrogen) atoms. The molecule has 10 heteroatoms. The summed E-state index contributed by atoms with van der Waals surface area (Å²) < 4.78 is 22.1. The number of carbonyl (C=O) groups is 2. The molecule has 0 aromatic rings. The van der Waals surface area contributed by atoms with Crippen LogP contribution in [0.3, 0.4) is 0 Å². The zero-order valence-corrected chi connectivity index (χ0v) is 37.6. The molecule has 1 aliphatic heterocycles. The number of allylic oxidation sites excluding steroid dienone is 16. The Bertz CT molecular complexity index is 1310. The van der Waals surface area contributed by atoms with Gasteiger partial charge in [0.15, 0.2) is 12.4 Å². The lowest BCUT2D eigenvalue weighted by Gasteiger charge is -2.39. The first-order chi connectivity index (χ1) is 29.8. The maximum absolute atomic E-state index is 12.8. The van der Waals surface area contributed by atoms with Crippen molar-refractivity contribution in [2.75, 3.05) is 19.8 Å². The van der Waals surface area contributed by atoms with E-state index in [2.05, 4.69) is 111 Å². The molecule has 0 amide bonds. The Morgan fingerprint density at radius 2 is 0.918 bits per heavy atom. The molecule has 1 aliphatic rings. The number of rotatable bonds is 37. The lowest BCUT2D eigenvalue weighted by molar-refractivity contribution is -0.305. The zero-order chi connectivity index (χ0) is 44.4. The van der Waals surface area contributed by atoms with Crippen molar-refractivity contribution in [3.8, 4) is 0 Å². The molecule has 0 spiro atoms. The third-order valence-corrected chi connectivity index (χ3v) is 9.96. The Kier molecular flexibility index (Phi) is 37.1. The standard InChI is InChI=1S/C51H82O10/c1-3-5-7-9-11-13-15-17-19-21-22-24-26-28-30-32-34-36-38-40-47(54)60-44(43-59-51-50(57)49(56)48(55)45(41-52)61-51)42-58-46(53)39-37-35-33-31-29-27-25-23-20-18-16-14-12-10-8-6-4-2/h5-8,11-14,17-20,22,24,28,30,44-45,48-52,55-57H,3-4,9-10,15-16,21,23,25-27,29,31-43H2,1-2H3/b7-5-,8-6-,13-11-,14-12-,19-17-,20-18-,24-22-,30-28-. The van der Waals surface area contributed by atoms with Gasteiger partial charge in [-0.05, 0) is 89.9 Å². The molecule has 0 saturated carbocycles. The minimum absolute atomic E-state index is 0.182. The van der Waals surface area contributed by atoms with Crippen LogP contribution in [0.15, 0.2) is 97.2 Å². The van der Waals surface area contributed by atoms with Crippen LogP contribution in [0.1, 0.15) is 155 Å². The Morgan fingerprint density at radius 1 is 0.508 bits per heavy atom. The minimum Gasteiger partial charge on any atom is -0.462 e. The number of hydrogen-bond acceptors (Lipinski definition) is 10. The first-order valence-electron chi connectivity index (χ1n) is 23.3. The predicted octanol–water partition coefficient (Wildman–Crippen LogP) is 10.3. The Labute approximate surface area is 368 Å². The van der Waals surface area contributed by atoms with Crippen LogP contribution in [0.25, 0.3) is 0 Å². The normalized spacial score (nSPS) is 20.7. The van der Waals surface area contributed by atoms with Gasteiger partial charge < -0.3 is 39.4 Å². The van der Waals surface area contributed by atoms with Gasteiger partial charge in [-0.25, -0.2) is 0 Å². The fraction of sp³-hybridized carbons (Fsp3) is 0.647. The summed E-state index contributed by atoms with van der Waals surface area (Å²) >= 11 is 0. The zero-order valence-electron chi connectivity index (χ0n) is 37.6. The molecule has 0 aliphatic carbocycles. The SMILES string of the molecule is CC/C=C\C/C=C\C/C=C\C/C=C\C/C=C\CCCCCC(=O)OC(COC(=O)CCCCCCCCC/C=C\C/C=C\C/C=C\CC)COC1OC(CO)C(O)C(O)C1O. The smallest absolute Gasteiger partial charge is 0.306 e. The van der Waals surface area contributed by atoms with E-state index in [1.807, 2.05) is 0 Å². The largest absolute Gasteiger partial charge is 0.462 e.